The SMILES string of the molecule is CCN(c1ccccc1)C(CO)C(C)C. The zero-order valence-corrected chi connectivity index (χ0v) is 9.85. The van der Waals surface area contributed by atoms with Crippen molar-refractivity contribution in [3.63, 3.8) is 0 Å². The lowest BCUT2D eigenvalue weighted by atomic mass is 10.0. The van der Waals surface area contributed by atoms with Crippen molar-refractivity contribution < 1.29 is 5.11 Å². The molecule has 84 valence electrons. The number of hydrogen-bond acceptors (Lipinski definition) is 2. The number of anilines is 1. The molecule has 0 amide bonds. The first-order valence-corrected chi connectivity index (χ1v) is 5.63. The Bertz CT molecular complexity index is 271. The van der Waals surface area contributed by atoms with Gasteiger partial charge in [-0.15, -0.1) is 0 Å². The highest BCUT2D eigenvalue weighted by molar-refractivity contribution is 5.47. The summed E-state index contributed by atoms with van der Waals surface area (Å²) < 4.78 is 0. The molecule has 0 saturated carbocycles. The van der Waals surface area contributed by atoms with Crippen molar-refractivity contribution >= 4 is 5.69 Å². The molecule has 1 aromatic rings. The van der Waals surface area contributed by atoms with Crippen LogP contribution in [-0.4, -0.2) is 24.3 Å². The minimum atomic E-state index is 0.206. The van der Waals surface area contributed by atoms with Crippen LogP contribution in [0.3, 0.4) is 0 Å². The summed E-state index contributed by atoms with van der Waals surface area (Å²) in [5, 5.41) is 9.42. The summed E-state index contributed by atoms with van der Waals surface area (Å²) in [5.41, 5.74) is 1.19. The maximum atomic E-state index is 9.42. The van der Waals surface area contributed by atoms with Crippen LogP contribution in [0, 0.1) is 5.92 Å². The van der Waals surface area contributed by atoms with Crippen LogP contribution in [0.5, 0.6) is 0 Å². The second-order valence-corrected chi connectivity index (χ2v) is 4.12. The first-order valence-electron chi connectivity index (χ1n) is 5.63. The molecule has 1 unspecified atom stereocenters. The minimum Gasteiger partial charge on any atom is -0.394 e. The smallest absolute Gasteiger partial charge is 0.0637 e. The van der Waals surface area contributed by atoms with Crippen LogP contribution in [-0.2, 0) is 0 Å². The standard InChI is InChI=1S/C13H21NO/c1-4-14(13(10-15)11(2)3)12-8-6-5-7-9-12/h5-9,11,13,15H,4,10H2,1-3H3. The fraction of sp³-hybridized carbons (Fsp3) is 0.538. The molecule has 1 rings (SSSR count). The Morgan fingerprint density at radius 2 is 1.80 bits per heavy atom. The summed E-state index contributed by atoms with van der Waals surface area (Å²) >= 11 is 0. The van der Waals surface area contributed by atoms with Crippen LogP contribution in [0.25, 0.3) is 0 Å². The summed E-state index contributed by atoms with van der Waals surface area (Å²) in [7, 11) is 0. The Balaban J connectivity index is 2.87. The second-order valence-electron chi connectivity index (χ2n) is 4.12. The molecule has 0 aromatic heterocycles. The molecular formula is C13H21NO. The molecule has 0 aliphatic rings. The van der Waals surface area contributed by atoms with Crippen molar-refractivity contribution in [2.24, 2.45) is 5.92 Å². The first kappa shape index (κ1) is 12.1. The van der Waals surface area contributed by atoms with Crippen LogP contribution in [0.4, 0.5) is 5.69 Å². The third-order valence-corrected chi connectivity index (χ3v) is 2.79. The van der Waals surface area contributed by atoms with Gasteiger partial charge >= 0.3 is 0 Å². The van der Waals surface area contributed by atoms with E-state index in [0.717, 1.165) is 6.54 Å². The lowest BCUT2D eigenvalue weighted by Gasteiger charge is -2.34. The molecule has 0 heterocycles. The molecule has 0 spiro atoms. The zero-order chi connectivity index (χ0) is 11.3. The van der Waals surface area contributed by atoms with Gasteiger partial charge in [-0.25, -0.2) is 0 Å². The lowest BCUT2D eigenvalue weighted by Crippen LogP contribution is -2.41. The van der Waals surface area contributed by atoms with Gasteiger partial charge in [0.2, 0.25) is 0 Å². The fourth-order valence-corrected chi connectivity index (χ4v) is 1.90. The second kappa shape index (κ2) is 5.76. The van der Waals surface area contributed by atoms with Crippen LogP contribution < -0.4 is 4.90 Å². The van der Waals surface area contributed by atoms with Crippen LogP contribution in [0.15, 0.2) is 30.3 Å². The molecule has 0 saturated heterocycles. The predicted octanol–water partition coefficient (Wildman–Crippen LogP) is 2.53. The Morgan fingerprint density at radius 1 is 1.20 bits per heavy atom. The normalized spacial score (nSPS) is 12.9. The molecule has 2 nitrogen and oxygen atoms in total. The van der Waals surface area contributed by atoms with Gasteiger partial charge in [0.05, 0.1) is 12.6 Å². The largest absolute Gasteiger partial charge is 0.394 e. The van der Waals surface area contributed by atoms with Crippen LogP contribution >= 0.6 is 0 Å². The molecule has 2 heteroatoms. The fourth-order valence-electron chi connectivity index (χ4n) is 1.90. The highest BCUT2D eigenvalue weighted by Crippen LogP contribution is 2.20. The van der Waals surface area contributed by atoms with E-state index >= 15 is 0 Å². The molecule has 0 aliphatic heterocycles. The van der Waals surface area contributed by atoms with E-state index in [-0.39, 0.29) is 12.6 Å². The summed E-state index contributed by atoms with van der Waals surface area (Å²) in [5.74, 6) is 0.454. The van der Waals surface area contributed by atoms with E-state index in [1.807, 2.05) is 18.2 Å². The summed E-state index contributed by atoms with van der Waals surface area (Å²) in [4.78, 5) is 2.25. The Hall–Kier alpha value is -1.02. The molecule has 1 aromatic carbocycles. The van der Waals surface area contributed by atoms with E-state index < -0.39 is 0 Å². The Morgan fingerprint density at radius 3 is 2.20 bits per heavy atom. The minimum absolute atomic E-state index is 0.206. The third-order valence-electron chi connectivity index (χ3n) is 2.79. The van der Waals surface area contributed by atoms with Crippen LogP contribution in [0.2, 0.25) is 0 Å². The topological polar surface area (TPSA) is 23.5 Å². The monoisotopic (exact) mass is 207 g/mol. The highest BCUT2D eigenvalue weighted by atomic mass is 16.3. The summed E-state index contributed by atoms with van der Waals surface area (Å²) in [6, 6.07) is 10.5. The van der Waals surface area contributed by atoms with Gasteiger partial charge in [-0.05, 0) is 25.0 Å². The lowest BCUT2D eigenvalue weighted by molar-refractivity contribution is 0.231. The van der Waals surface area contributed by atoms with E-state index in [2.05, 4.69) is 37.8 Å². The molecular weight excluding hydrogens is 186 g/mol. The number of benzene rings is 1. The molecule has 15 heavy (non-hydrogen) atoms. The molecule has 0 bridgehead atoms. The van der Waals surface area contributed by atoms with Crippen molar-refractivity contribution in [3.8, 4) is 0 Å². The molecule has 0 radical (unpaired) electrons. The van der Waals surface area contributed by atoms with Gasteiger partial charge in [-0.1, -0.05) is 32.0 Å². The van der Waals surface area contributed by atoms with Crippen molar-refractivity contribution in [2.45, 2.75) is 26.8 Å². The number of para-hydroxylation sites is 1. The van der Waals surface area contributed by atoms with Crippen molar-refractivity contribution in [1.82, 2.24) is 0 Å². The van der Waals surface area contributed by atoms with Gasteiger partial charge in [-0.2, -0.15) is 0 Å². The number of hydrogen-bond donors (Lipinski definition) is 1. The van der Waals surface area contributed by atoms with Gasteiger partial charge < -0.3 is 10.0 Å². The van der Waals surface area contributed by atoms with Gasteiger partial charge in [0.15, 0.2) is 0 Å². The van der Waals surface area contributed by atoms with E-state index in [1.165, 1.54) is 5.69 Å². The summed E-state index contributed by atoms with van der Waals surface area (Å²) in [6.07, 6.45) is 0. The molecule has 0 fully saturated rings. The summed E-state index contributed by atoms with van der Waals surface area (Å²) in [6.45, 7) is 7.55. The number of likely N-dealkylation sites (N-methyl/N-ethyl adjacent to an activating group) is 1. The maximum Gasteiger partial charge on any atom is 0.0637 e. The zero-order valence-electron chi connectivity index (χ0n) is 9.85. The molecule has 1 N–H and O–H groups in total. The van der Waals surface area contributed by atoms with Crippen molar-refractivity contribution in [2.75, 3.05) is 18.1 Å². The van der Waals surface area contributed by atoms with E-state index in [9.17, 15) is 5.11 Å². The third kappa shape index (κ3) is 2.96. The van der Waals surface area contributed by atoms with Crippen molar-refractivity contribution in [3.05, 3.63) is 30.3 Å². The van der Waals surface area contributed by atoms with Gasteiger partial charge in [0.1, 0.15) is 0 Å². The van der Waals surface area contributed by atoms with E-state index in [4.69, 9.17) is 0 Å². The average molecular weight is 207 g/mol. The van der Waals surface area contributed by atoms with Crippen molar-refractivity contribution in [1.29, 1.82) is 0 Å². The van der Waals surface area contributed by atoms with E-state index in [1.54, 1.807) is 0 Å². The first-order chi connectivity index (χ1) is 7.20. The number of rotatable bonds is 5. The van der Waals surface area contributed by atoms with Crippen LogP contribution in [0.1, 0.15) is 20.8 Å². The number of nitrogens with zero attached hydrogens (tertiary/aromatic N) is 1. The quantitative estimate of drug-likeness (QED) is 0.802. The number of aliphatic hydroxyl groups is 1. The van der Waals surface area contributed by atoms with E-state index in [0.29, 0.717) is 5.92 Å². The van der Waals surface area contributed by atoms with Gasteiger partial charge in [0, 0.05) is 12.2 Å². The average Bonchev–Trinajstić information content (AvgIpc) is 2.26. The molecule has 0 aliphatic carbocycles. The Kier molecular flexibility index (Phi) is 4.63. The maximum absolute atomic E-state index is 9.42. The highest BCUT2D eigenvalue weighted by Gasteiger charge is 2.19. The Labute approximate surface area is 92.5 Å². The number of aliphatic hydroxyl groups excluding tert-OH is 1. The van der Waals surface area contributed by atoms with Gasteiger partial charge in [-0.3, -0.25) is 0 Å². The van der Waals surface area contributed by atoms with Gasteiger partial charge in [0.25, 0.3) is 0 Å². The molecule has 1 atom stereocenters. The predicted molar refractivity (Wildman–Crippen MR) is 65.2 cm³/mol.